The highest BCUT2D eigenvalue weighted by molar-refractivity contribution is 6.10. The Morgan fingerprint density at radius 3 is 2.42 bits per heavy atom. The van der Waals surface area contributed by atoms with Crippen molar-refractivity contribution in [3.8, 4) is 0 Å². The van der Waals surface area contributed by atoms with E-state index in [0.29, 0.717) is 16.8 Å². The van der Waals surface area contributed by atoms with Gasteiger partial charge in [-0.2, -0.15) is 0 Å². The average molecular weight is 323 g/mol. The van der Waals surface area contributed by atoms with Gasteiger partial charge in [0.25, 0.3) is 5.91 Å². The molecule has 0 fully saturated rings. The number of ketones is 1. The van der Waals surface area contributed by atoms with Gasteiger partial charge < -0.3 is 10.0 Å². The van der Waals surface area contributed by atoms with Crippen LogP contribution in [0.5, 0.6) is 0 Å². The number of fused-ring (bicyclic) bond motifs is 1. The van der Waals surface area contributed by atoms with Gasteiger partial charge in [-0.3, -0.25) is 9.59 Å². The van der Waals surface area contributed by atoms with Crippen LogP contribution in [0.15, 0.2) is 36.4 Å². The first-order valence-electron chi connectivity index (χ1n) is 7.97. The summed E-state index contributed by atoms with van der Waals surface area (Å²) in [5.74, 6) is -0.685. The molecular formula is C20H21NO3. The van der Waals surface area contributed by atoms with Gasteiger partial charge in [0, 0.05) is 18.2 Å². The number of aryl methyl sites for hydroxylation is 3. The number of aliphatic hydroxyl groups is 1. The second kappa shape index (κ2) is 5.56. The molecule has 1 amide bonds. The number of hydrogen-bond acceptors (Lipinski definition) is 3. The SMILES string of the molecule is Cc1cc(C)c(C(=O)CC2(O)C(=O)N(C)c3ccccc32)cc1C. The Kier molecular flexibility index (Phi) is 3.80. The number of carbonyl (C=O) groups is 2. The standard InChI is InChI=1S/C20H21NO3/c1-12-9-14(3)15(10-13(12)2)18(22)11-20(24)16-7-5-6-8-17(16)21(4)19(20)23/h5-10,24H,11H2,1-4H3. The van der Waals surface area contributed by atoms with Crippen LogP contribution in [-0.4, -0.2) is 23.8 Å². The number of hydrogen-bond donors (Lipinski definition) is 1. The van der Waals surface area contributed by atoms with Crippen LogP contribution in [0.25, 0.3) is 0 Å². The lowest BCUT2D eigenvalue weighted by Gasteiger charge is -2.21. The molecule has 0 bridgehead atoms. The van der Waals surface area contributed by atoms with Crippen LogP contribution in [-0.2, 0) is 10.4 Å². The van der Waals surface area contributed by atoms with E-state index in [1.807, 2.05) is 39.0 Å². The quantitative estimate of drug-likeness (QED) is 0.883. The number of benzene rings is 2. The van der Waals surface area contributed by atoms with Crippen molar-refractivity contribution in [1.29, 1.82) is 0 Å². The molecule has 0 radical (unpaired) electrons. The van der Waals surface area contributed by atoms with E-state index in [2.05, 4.69) is 0 Å². The van der Waals surface area contributed by atoms with Crippen molar-refractivity contribution >= 4 is 17.4 Å². The van der Waals surface area contributed by atoms with E-state index in [1.54, 1.807) is 25.2 Å². The molecule has 1 unspecified atom stereocenters. The van der Waals surface area contributed by atoms with Crippen LogP contribution in [0.1, 0.15) is 39.0 Å². The monoisotopic (exact) mass is 323 g/mol. The Bertz CT molecular complexity index is 856. The number of amides is 1. The van der Waals surface area contributed by atoms with Crippen molar-refractivity contribution < 1.29 is 14.7 Å². The molecule has 1 heterocycles. The smallest absolute Gasteiger partial charge is 0.263 e. The van der Waals surface area contributed by atoms with E-state index in [1.165, 1.54) is 4.90 Å². The Hall–Kier alpha value is -2.46. The van der Waals surface area contributed by atoms with Crippen LogP contribution in [0, 0.1) is 20.8 Å². The molecule has 1 aliphatic heterocycles. The maximum Gasteiger partial charge on any atom is 0.263 e. The van der Waals surface area contributed by atoms with E-state index in [4.69, 9.17) is 0 Å². The molecule has 0 saturated carbocycles. The summed E-state index contributed by atoms with van der Waals surface area (Å²) >= 11 is 0. The van der Waals surface area contributed by atoms with Gasteiger partial charge in [0.05, 0.1) is 12.1 Å². The zero-order valence-corrected chi connectivity index (χ0v) is 14.4. The summed E-state index contributed by atoms with van der Waals surface area (Å²) in [6.07, 6.45) is -0.253. The van der Waals surface area contributed by atoms with Crippen molar-refractivity contribution in [1.82, 2.24) is 0 Å². The van der Waals surface area contributed by atoms with Crippen molar-refractivity contribution in [2.24, 2.45) is 0 Å². The molecule has 1 N–H and O–H groups in total. The highest BCUT2D eigenvalue weighted by Crippen LogP contribution is 2.42. The maximum absolute atomic E-state index is 12.8. The summed E-state index contributed by atoms with van der Waals surface area (Å²) in [6, 6.07) is 10.9. The fourth-order valence-electron chi connectivity index (χ4n) is 3.38. The lowest BCUT2D eigenvalue weighted by atomic mass is 9.86. The Morgan fingerprint density at radius 2 is 1.71 bits per heavy atom. The van der Waals surface area contributed by atoms with Crippen molar-refractivity contribution in [3.05, 3.63) is 64.2 Å². The largest absolute Gasteiger partial charge is 0.375 e. The van der Waals surface area contributed by atoms with E-state index in [9.17, 15) is 14.7 Å². The first kappa shape index (κ1) is 16.4. The maximum atomic E-state index is 12.8. The molecule has 3 rings (SSSR count). The zero-order chi connectivity index (χ0) is 17.6. The molecule has 24 heavy (non-hydrogen) atoms. The van der Waals surface area contributed by atoms with Crippen LogP contribution >= 0.6 is 0 Å². The fourth-order valence-corrected chi connectivity index (χ4v) is 3.38. The van der Waals surface area contributed by atoms with E-state index in [-0.39, 0.29) is 12.2 Å². The Labute approximate surface area is 141 Å². The third kappa shape index (κ3) is 2.34. The summed E-state index contributed by atoms with van der Waals surface area (Å²) in [6.45, 7) is 5.82. The summed E-state index contributed by atoms with van der Waals surface area (Å²) in [7, 11) is 1.62. The predicted molar refractivity (Wildman–Crippen MR) is 93.3 cm³/mol. The van der Waals surface area contributed by atoms with Gasteiger partial charge >= 0.3 is 0 Å². The lowest BCUT2D eigenvalue weighted by Crippen LogP contribution is -2.40. The molecule has 0 aliphatic carbocycles. The van der Waals surface area contributed by atoms with Crippen molar-refractivity contribution in [2.75, 3.05) is 11.9 Å². The number of anilines is 1. The molecule has 2 aromatic carbocycles. The van der Waals surface area contributed by atoms with Gasteiger partial charge in [-0.05, 0) is 49.6 Å². The van der Waals surface area contributed by atoms with E-state index < -0.39 is 11.5 Å². The molecule has 1 atom stereocenters. The lowest BCUT2D eigenvalue weighted by molar-refractivity contribution is -0.135. The second-order valence-electron chi connectivity index (χ2n) is 6.59. The summed E-state index contributed by atoms with van der Waals surface area (Å²) in [5, 5.41) is 11.0. The molecular weight excluding hydrogens is 302 g/mol. The second-order valence-corrected chi connectivity index (χ2v) is 6.59. The zero-order valence-electron chi connectivity index (χ0n) is 14.4. The van der Waals surface area contributed by atoms with Crippen molar-refractivity contribution in [2.45, 2.75) is 32.8 Å². The summed E-state index contributed by atoms with van der Waals surface area (Å²) in [5.41, 5.74) is 2.90. The molecule has 0 saturated heterocycles. The molecule has 1 aliphatic rings. The number of likely N-dealkylation sites (N-methyl/N-ethyl adjacent to an activating group) is 1. The Morgan fingerprint density at radius 1 is 1.08 bits per heavy atom. The third-order valence-electron chi connectivity index (χ3n) is 4.93. The van der Waals surface area contributed by atoms with Crippen LogP contribution < -0.4 is 4.90 Å². The number of rotatable bonds is 3. The van der Waals surface area contributed by atoms with Gasteiger partial charge in [-0.1, -0.05) is 24.3 Å². The first-order chi connectivity index (χ1) is 11.3. The minimum atomic E-state index is -1.80. The topological polar surface area (TPSA) is 57.6 Å². The van der Waals surface area contributed by atoms with Crippen molar-refractivity contribution in [3.63, 3.8) is 0 Å². The normalized spacial score (nSPS) is 19.5. The highest BCUT2D eigenvalue weighted by atomic mass is 16.3. The molecule has 4 heteroatoms. The summed E-state index contributed by atoms with van der Waals surface area (Å²) < 4.78 is 0. The van der Waals surface area contributed by atoms with Gasteiger partial charge in [0.15, 0.2) is 11.4 Å². The molecule has 4 nitrogen and oxygen atoms in total. The molecule has 124 valence electrons. The predicted octanol–water partition coefficient (Wildman–Crippen LogP) is 3.05. The van der Waals surface area contributed by atoms with Gasteiger partial charge in [0.1, 0.15) is 0 Å². The number of Topliss-reactive ketones (excluding diaryl/α,β-unsaturated/α-hetero) is 1. The van der Waals surface area contributed by atoms with E-state index >= 15 is 0 Å². The summed E-state index contributed by atoms with van der Waals surface area (Å²) in [4.78, 5) is 26.8. The highest BCUT2D eigenvalue weighted by Gasteiger charge is 2.49. The molecule has 0 aromatic heterocycles. The van der Waals surface area contributed by atoms with Gasteiger partial charge in [0.2, 0.25) is 0 Å². The fraction of sp³-hybridized carbons (Fsp3) is 0.300. The molecule has 2 aromatic rings. The number of nitrogens with zero attached hydrogens (tertiary/aromatic N) is 1. The van der Waals surface area contributed by atoms with Gasteiger partial charge in [-0.25, -0.2) is 0 Å². The van der Waals surface area contributed by atoms with Crippen LogP contribution in [0.2, 0.25) is 0 Å². The average Bonchev–Trinajstić information content (AvgIpc) is 2.73. The first-order valence-corrected chi connectivity index (χ1v) is 7.97. The molecule has 0 spiro atoms. The number of para-hydroxylation sites is 1. The Balaban J connectivity index is 2.00. The minimum absolute atomic E-state index is 0.225. The van der Waals surface area contributed by atoms with E-state index in [0.717, 1.165) is 16.7 Å². The number of carbonyl (C=O) groups excluding carboxylic acids is 2. The third-order valence-corrected chi connectivity index (χ3v) is 4.93. The van der Waals surface area contributed by atoms with Crippen LogP contribution in [0.3, 0.4) is 0 Å². The van der Waals surface area contributed by atoms with Crippen LogP contribution in [0.4, 0.5) is 5.69 Å². The van der Waals surface area contributed by atoms with Gasteiger partial charge in [-0.15, -0.1) is 0 Å². The minimum Gasteiger partial charge on any atom is -0.375 e.